The van der Waals surface area contributed by atoms with E-state index in [0.29, 0.717) is 54.9 Å². The fourth-order valence-corrected chi connectivity index (χ4v) is 8.71. The Balaban J connectivity index is 1.22. The first kappa shape index (κ1) is 23.6. The maximum Gasteiger partial charge on any atom is 0.226 e. The molecule has 0 bridgehead atoms. The second-order valence-corrected chi connectivity index (χ2v) is 13.8. The predicted molar refractivity (Wildman–Crippen MR) is 127 cm³/mol. The number of amides is 2. The van der Waals surface area contributed by atoms with Crippen LogP contribution in [-0.4, -0.2) is 90.2 Å². The third-order valence-electron chi connectivity index (χ3n) is 9.39. The van der Waals surface area contributed by atoms with Crippen molar-refractivity contribution in [1.82, 2.24) is 14.7 Å². The SMILES string of the molecule is CC(=O)N1C2CCC(C3CCC(N4CCS(=O)(=O)CC4)CC3)CC2N(C(=O)C2CC2)C[C@@H]1C. The lowest BCUT2D eigenvalue weighted by atomic mass is 9.68. The van der Waals surface area contributed by atoms with Crippen molar-refractivity contribution < 1.29 is 18.0 Å². The molecule has 0 aromatic carbocycles. The summed E-state index contributed by atoms with van der Waals surface area (Å²) < 4.78 is 23.6. The summed E-state index contributed by atoms with van der Waals surface area (Å²) in [4.78, 5) is 32.3. The second kappa shape index (κ2) is 9.14. The van der Waals surface area contributed by atoms with Gasteiger partial charge in [-0.1, -0.05) is 0 Å². The van der Waals surface area contributed by atoms with E-state index in [4.69, 9.17) is 0 Å². The molecule has 0 aromatic heterocycles. The van der Waals surface area contributed by atoms with Crippen molar-refractivity contribution in [3.8, 4) is 0 Å². The van der Waals surface area contributed by atoms with Crippen molar-refractivity contribution >= 4 is 21.7 Å². The van der Waals surface area contributed by atoms with Gasteiger partial charge >= 0.3 is 0 Å². The summed E-state index contributed by atoms with van der Waals surface area (Å²) >= 11 is 0. The Hall–Kier alpha value is -1.15. The molecule has 2 aliphatic heterocycles. The van der Waals surface area contributed by atoms with Crippen molar-refractivity contribution in [3.63, 3.8) is 0 Å². The van der Waals surface area contributed by atoms with Gasteiger partial charge < -0.3 is 9.80 Å². The molecule has 8 heteroatoms. The van der Waals surface area contributed by atoms with Crippen LogP contribution in [0.25, 0.3) is 0 Å². The van der Waals surface area contributed by atoms with Crippen LogP contribution in [-0.2, 0) is 19.4 Å². The van der Waals surface area contributed by atoms with E-state index in [-0.39, 0.29) is 30.0 Å². The molecule has 2 amide bonds. The molecule has 2 heterocycles. The van der Waals surface area contributed by atoms with Crippen LogP contribution in [0.15, 0.2) is 0 Å². The van der Waals surface area contributed by atoms with E-state index in [1.54, 1.807) is 6.92 Å². The van der Waals surface area contributed by atoms with Crippen LogP contribution in [0.3, 0.4) is 0 Å². The number of hydrogen-bond donors (Lipinski definition) is 0. The summed E-state index contributed by atoms with van der Waals surface area (Å²) in [6.45, 7) is 5.87. The largest absolute Gasteiger partial charge is 0.335 e. The number of piperazine rings is 1. The molecule has 33 heavy (non-hydrogen) atoms. The van der Waals surface area contributed by atoms with Crippen LogP contribution >= 0.6 is 0 Å². The number of rotatable bonds is 3. The molecule has 0 N–H and O–H groups in total. The summed E-state index contributed by atoms with van der Waals surface area (Å²) in [5.41, 5.74) is 0. The Morgan fingerprint density at radius 1 is 0.818 bits per heavy atom. The summed E-state index contributed by atoms with van der Waals surface area (Å²) in [6, 6.07) is 0.996. The van der Waals surface area contributed by atoms with Gasteiger partial charge in [-0.25, -0.2) is 8.42 Å². The van der Waals surface area contributed by atoms with Gasteiger partial charge in [0.2, 0.25) is 11.8 Å². The number of nitrogens with zero attached hydrogens (tertiary/aromatic N) is 3. The molecular weight excluding hydrogens is 438 g/mol. The minimum absolute atomic E-state index is 0.104. The van der Waals surface area contributed by atoms with Gasteiger partial charge in [0.15, 0.2) is 9.84 Å². The number of hydrogen-bond acceptors (Lipinski definition) is 5. The fraction of sp³-hybridized carbons (Fsp3) is 0.920. The number of carbonyl (C=O) groups excluding carboxylic acids is 2. The van der Waals surface area contributed by atoms with Crippen molar-refractivity contribution in [1.29, 1.82) is 0 Å². The highest BCUT2D eigenvalue weighted by Crippen LogP contribution is 2.44. The maximum absolute atomic E-state index is 13.2. The summed E-state index contributed by atoms with van der Waals surface area (Å²) in [5, 5.41) is 0. The van der Waals surface area contributed by atoms with Crippen LogP contribution in [0.1, 0.15) is 71.6 Å². The molecule has 0 aromatic rings. The third kappa shape index (κ3) is 4.84. The molecule has 3 unspecified atom stereocenters. The van der Waals surface area contributed by atoms with Crippen LogP contribution < -0.4 is 0 Å². The predicted octanol–water partition coefficient (Wildman–Crippen LogP) is 2.30. The lowest BCUT2D eigenvalue weighted by molar-refractivity contribution is -0.155. The molecule has 186 valence electrons. The second-order valence-electron chi connectivity index (χ2n) is 11.5. The Kier molecular flexibility index (Phi) is 6.53. The van der Waals surface area contributed by atoms with Crippen molar-refractivity contribution in [3.05, 3.63) is 0 Å². The van der Waals surface area contributed by atoms with Gasteiger partial charge in [-0.2, -0.15) is 0 Å². The average molecular weight is 480 g/mol. The van der Waals surface area contributed by atoms with E-state index in [9.17, 15) is 18.0 Å². The number of fused-ring (bicyclic) bond motifs is 1. The fourth-order valence-electron chi connectivity index (χ4n) is 7.48. The van der Waals surface area contributed by atoms with Crippen LogP contribution in [0.2, 0.25) is 0 Å². The molecule has 0 spiro atoms. The summed E-state index contributed by atoms with van der Waals surface area (Å²) in [7, 11) is -2.82. The van der Waals surface area contributed by atoms with Gasteiger partial charge in [0.1, 0.15) is 0 Å². The lowest BCUT2D eigenvalue weighted by Crippen LogP contribution is -2.67. The molecule has 4 atom stereocenters. The minimum Gasteiger partial charge on any atom is -0.335 e. The van der Waals surface area contributed by atoms with E-state index >= 15 is 0 Å². The van der Waals surface area contributed by atoms with Crippen LogP contribution in [0, 0.1) is 17.8 Å². The molecule has 5 rings (SSSR count). The first-order valence-electron chi connectivity index (χ1n) is 13.3. The highest BCUT2D eigenvalue weighted by Gasteiger charge is 2.49. The molecule has 5 fully saturated rings. The zero-order chi connectivity index (χ0) is 23.3. The monoisotopic (exact) mass is 479 g/mol. The van der Waals surface area contributed by atoms with Crippen molar-refractivity contribution in [2.24, 2.45) is 17.8 Å². The van der Waals surface area contributed by atoms with Gasteiger partial charge in [0.05, 0.1) is 23.6 Å². The zero-order valence-corrected chi connectivity index (χ0v) is 21.1. The molecule has 2 saturated heterocycles. The molecular formula is C25H41N3O4S. The Morgan fingerprint density at radius 3 is 2.06 bits per heavy atom. The summed E-state index contributed by atoms with van der Waals surface area (Å²) in [5.74, 6) is 2.67. The van der Waals surface area contributed by atoms with Crippen molar-refractivity contribution in [2.45, 2.75) is 95.8 Å². The first-order chi connectivity index (χ1) is 15.7. The minimum atomic E-state index is -2.82. The van der Waals surface area contributed by atoms with E-state index in [2.05, 4.69) is 21.6 Å². The molecule has 0 radical (unpaired) electrons. The van der Waals surface area contributed by atoms with E-state index < -0.39 is 9.84 Å². The molecule has 5 aliphatic rings. The Labute approximate surface area is 199 Å². The molecule has 3 saturated carbocycles. The lowest BCUT2D eigenvalue weighted by Gasteiger charge is -2.55. The topological polar surface area (TPSA) is 78.0 Å². The smallest absolute Gasteiger partial charge is 0.226 e. The van der Waals surface area contributed by atoms with Gasteiger partial charge in [-0.3, -0.25) is 14.5 Å². The normalized spacial score (nSPS) is 39.7. The van der Waals surface area contributed by atoms with Gasteiger partial charge in [0, 0.05) is 44.6 Å². The Morgan fingerprint density at radius 2 is 1.45 bits per heavy atom. The summed E-state index contributed by atoms with van der Waals surface area (Å²) in [6.07, 6.45) is 10.0. The van der Waals surface area contributed by atoms with E-state index in [1.165, 1.54) is 12.8 Å². The number of sulfone groups is 1. The van der Waals surface area contributed by atoms with E-state index in [0.717, 1.165) is 44.9 Å². The maximum atomic E-state index is 13.2. The zero-order valence-electron chi connectivity index (χ0n) is 20.3. The van der Waals surface area contributed by atoms with Crippen molar-refractivity contribution in [2.75, 3.05) is 31.1 Å². The Bertz CT molecular complexity index is 851. The standard InChI is InChI=1S/C25H41N3O4S/c1-17-16-27(25(30)20-3-4-20)24-15-21(7-10-23(24)28(17)18(2)29)19-5-8-22(9-6-19)26-11-13-33(31,32)14-12-26/h17,19-24H,3-16H2,1-2H3/t17-,19?,21?,22?,23?,24?/m0/s1. The van der Waals surface area contributed by atoms with Crippen LogP contribution in [0.5, 0.6) is 0 Å². The van der Waals surface area contributed by atoms with Gasteiger partial charge in [-0.05, 0) is 76.5 Å². The van der Waals surface area contributed by atoms with Gasteiger partial charge in [-0.15, -0.1) is 0 Å². The molecule has 3 aliphatic carbocycles. The first-order valence-corrected chi connectivity index (χ1v) is 15.1. The highest BCUT2D eigenvalue weighted by molar-refractivity contribution is 7.91. The van der Waals surface area contributed by atoms with E-state index in [1.807, 2.05) is 0 Å². The average Bonchev–Trinajstić information content (AvgIpc) is 3.63. The quantitative estimate of drug-likeness (QED) is 0.621. The molecule has 7 nitrogen and oxygen atoms in total. The van der Waals surface area contributed by atoms with Crippen LogP contribution in [0.4, 0.5) is 0 Å². The van der Waals surface area contributed by atoms with Gasteiger partial charge in [0.25, 0.3) is 0 Å². The highest BCUT2D eigenvalue weighted by atomic mass is 32.2. The third-order valence-corrected chi connectivity index (χ3v) is 11.0. The number of carbonyl (C=O) groups is 2.